The standard InChI is InChI=1S/C6H6N4.2ClH/c7-6-1-4-2-9-10-5(4)3-8-6;;/h1-3H,(H2,7,8)(H,9,10);2*1H. The number of nitrogens with zero attached hydrogens (tertiary/aromatic N) is 2. The molecule has 0 atom stereocenters. The minimum atomic E-state index is 0. The minimum Gasteiger partial charge on any atom is -0.384 e. The quantitative estimate of drug-likeness (QED) is 0.685. The summed E-state index contributed by atoms with van der Waals surface area (Å²) in [5.41, 5.74) is 6.34. The molecule has 66 valence electrons. The van der Waals surface area contributed by atoms with Crippen molar-refractivity contribution in [1.29, 1.82) is 0 Å². The van der Waals surface area contributed by atoms with Gasteiger partial charge in [0.05, 0.1) is 17.9 Å². The molecule has 2 aromatic rings. The first-order valence-electron chi connectivity index (χ1n) is 2.91. The van der Waals surface area contributed by atoms with Crippen molar-refractivity contribution in [1.82, 2.24) is 15.2 Å². The Hall–Kier alpha value is -1.00. The number of nitrogens with one attached hydrogen (secondary N) is 1. The largest absolute Gasteiger partial charge is 0.384 e. The molecule has 0 spiro atoms. The predicted octanol–water partition coefficient (Wildman–Crippen LogP) is 1.38. The number of hydrogen-bond donors (Lipinski definition) is 2. The lowest BCUT2D eigenvalue weighted by Crippen LogP contribution is -1.87. The van der Waals surface area contributed by atoms with Gasteiger partial charge >= 0.3 is 0 Å². The van der Waals surface area contributed by atoms with Crippen LogP contribution in [0.1, 0.15) is 0 Å². The predicted molar refractivity (Wildman–Crippen MR) is 52.8 cm³/mol. The van der Waals surface area contributed by atoms with Crippen molar-refractivity contribution in [2.75, 3.05) is 5.73 Å². The fourth-order valence-corrected chi connectivity index (χ4v) is 0.860. The van der Waals surface area contributed by atoms with Gasteiger partial charge in [0.15, 0.2) is 0 Å². The summed E-state index contributed by atoms with van der Waals surface area (Å²) in [6, 6.07) is 1.78. The van der Waals surface area contributed by atoms with Crippen molar-refractivity contribution in [3.05, 3.63) is 18.5 Å². The van der Waals surface area contributed by atoms with E-state index in [1.54, 1.807) is 18.5 Å². The van der Waals surface area contributed by atoms with Crippen LogP contribution in [0, 0.1) is 0 Å². The lowest BCUT2D eigenvalue weighted by atomic mass is 10.3. The van der Waals surface area contributed by atoms with E-state index in [0.29, 0.717) is 5.82 Å². The van der Waals surface area contributed by atoms with E-state index in [4.69, 9.17) is 5.73 Å². The Kier molecular flexibility index (Phi) is 3.79. The van der Waals surface area contributed by atoms with Gasteiger partial charge in [-0.25, -0.2) is 4.98 Å². The summed E-state index contributed by atoms with van der Waals surface area (Å²) in [4.78, 5) is 3.89. The summed E-state index contributed by atoms with van der Waals surface area (Å²) >= 11 is 0. The van der Waals surface area contributed by atoms with Gasteiger partial charge in [-0.1, -0.05) is 0 Å². The summed E-state index contributed by atoms with van der Waals surface area (Å²) < 4.78 is 0. The van der Waals surface area contributed by atoms with E-state index in [9.17, 15) is 0 Å². The number of pyridine rings is 1. The van der Waals surface area contributed by atoms with Gasteiger partial charge in [-0.2, -0.15) is 5.10 Å². The molecule has 4 nitrogen and oxygen atoms in total. The minimum absolute atomic E-state index is 0. The van der Waals surface area contributed by atoms with Gasteiger partial charge in [-0.05, 0) is 6.07 Å². The molecular weight excluding hydrogens is 199 g/mol. The molecule has 0 unspecified atom stereocenters. The Morgan fingerprint density at radius 2 is 2.00 bits per heavy atom. The third-order valence-electron chi connectivity index (χ3n) is 1.35. The zero-order valence-corrected chi connectivity index (χ0v) is 7.65. The van der Waals surface area contributed by atoms with Crippen molar-refractivity contribution in [2.45, 2.75) is 0 Å². The van der Waals surface area contributed by atoms with E-state index in [1.165, 1.54) is 0 Å². The lowest BCUT2D eigenvalue weighted by Gasteiger charge is -1.88. The lowest BCUT2D eigenvalue weighted by molar-refractivity contribution is 1.11. The average molecular weight is 207 g/mol. The molecule has 0 aliphatic carbocycles. The van der Waals surface area contributed by atoms with Gasteiger partial charge in [0.25, 0.3) is 0 Å². The molecule has 0 aliphatic heterocycles. The number of aromatic nitrogens is 3. The molecule has 0 saturated carbocycles. The van der Waals surface area contributed by atoms with Crippen LogP contribution in [-0.2, 0) is 0 Å². The number of nitrogen functional groups attached to an aromatic ring is 1. The number of anilines is 1. The fraction of sp³-hybridized carbons (Fsp3) is 0. The maximum atomic E-state index is 5.43. The fourth-order valence-electron chi connectivity index (χ4n) is 0.860. The number of aromatic amines is 1. The third-order valence-corrected chi connectivity index (χ3v) is 1.35. The van der Waals surface area contributed by atoms with Crippen LogP contribution in [0.25, 0.3) is 10.9 Å². The first-order valence-corrected chi connectivity index (χ1v) is 2.91. The highest BCUT2D eigenvalue weighted by molar-refractivity contribution is 5.85. The molecule has 0 aliphatic rings. The molecule has 0 radical (unpaired) electrons. The number of nitrogens with two attached hydrogens (primary N) is 1. The van der Waals surface area contributed by atoms with Crippen molar-refractivity contribution in [3.63, 3.8) is 0 Å². The SMILES string of the molecule is Cl.Cl.Nc1cc2cn[nH]c2cn1. The summed E-state index contributed by atoms with van der Waals surface area (Å²) in [6.45, 7) is 0. The smallest absolute Gasteiger partial charge is 0.124 e. The molecule has 0 saturated heterocycles. The van der Waals surface area contributed by atoms with Gasteiger partial charge < -0.3 is 5.73 Å². The van der Waals surface area contributed by atoms with E-state index in [1.807, 2.05) is 0 Å². The Labute approximate surface area is 81.4 Å². The maximum absolute atomic E-state index is 5.43. The summed E-state index contributed by atoms with van der Waals surface area (Å²) in [6.07, 6.45) is 3.38. The molecule has 0 bridgehead atoms. The van der Waals surface area contributed by atoms with E-state index < -0.39 is 0 Å². The van der Waals surface area contributed by atoms with Gasteiger partial charge in [-0.3, -0.25) is 5.10 Å². The first-order chi connectivity index (χ1) is 4.86. The molecule has 6 heteroatoms. The van der Waals surface area contributed by atoms with Crippen molar-refractivity contribution >= 4 is 41.5 Å². The van der Waals surface area contributed by atoms with Crippen LogP contribution >= 0.6 is 24.8 Å². The van der Waals surface area contributed by atoms with E-state index in [-0.39, 0.29) is 24.8 Å². The molecule has 0 fully saturated rings. The molecule has 0 aromatic carbocycles. The summed E-state index contributed by atoms with van der Waals surface area (Å²) in [5.74, 6) is 0.522. The van der Waals surface area contributed by atoms with Crippen LogP contribution in [0.15, 0.2) is 18.5 Å². The monoisotopic (exact) mass is 206 g/mol. The van der Waals surface area contributed by atoms with Gasteiger partial charge in [0.2, 0.25) is 0 Å². The van der Waals surface area contributed by atoms with Crippen LogP contribution in [0.3, 0.4) is 0 Å². The third kappa shape index (κ3) is 1.78. The number of fused-ring (bicyclic) bond motifs is 1. The maximum Gasteiger partial charge on any atom is 0.124 e. The number of halogens is 2. The zero-order valence-electron chi connectivity index (χ0n) is 6.02. The normalized spacial score (nSPS) is 8.67. The topological polar surface area (TPSA) is 67.6 Å². The summed E-state index contributed by atoms with van der Waals surface area (Å²) in [5, 5.41) is 7.59. The van der Waals surface area contributed by atoms with Crippen molar-refractivity contribution < 1.29 is 0 Å². The first kappa shape index (κ1) is 11.0. The molecular formula is C6H8Cl2N4. The number of H-pyrrole nitrogens is 1. The summed E-state index contributed by atoms with van der Waals surface area (Å²) in [7, 11) is 0. The Bertz CT molecular complexity index is 359. The van der Waals surface area contributed by atoms with Gasteiger partial charge in [0, 0.05) is 5.39 Å². The number of rotatable bonds is 0. The van der Waals surface area contributed by atoms with E-state index in [2.05, 4.69) is 15.2 Å². The van der Waals surface area contributed by atoms with Gasteiger partial charge in [0.1, 0.15) is 5.82 Å². The second-order valence-corrected chi connectivity index (χ2v) is 2.07. The highest BCUT2D eigenvalue weighted by Gasteiger charge is 1.93. The van der Waals surface area contributed by atoms with Crippen LogP contribution < -0.4 is 5.73 Å². The van der Waals surface area contributed by atoms with E-state index in [0.717, 1.165) is 10.9 Å². The molecule has 0 amide bonds. The van der Waals surface area contributed by atoms with Crippen LogP contribution in [0.2, 0.25) is 0 Å². The van der Waals surface area contributed by atoms with Crippen molar-refractivity contribution in [3.8, 4) is 0 Å². The Balaban J connectivity index is 0.000000605. The zero-order chi connectivity index (χ0) is 6.97. The van der Waals surface area contributed by atoms with Crippen LogP contribution in [0.5, 0.6) is 0 Å². The average Bonchev–Trinajstić information content (AvgIpc) is 2.33. The second kappa shape index (κ2) is 4.13. The molecule has 3 N–H and O–H groups in total. The highest BCUT2D eigenvalue weighted by Crippen LogP contribution is 2.10. The molecule has 12 heavy (non-hydrogen) atoms. The van der Waals surface area contributed by atoms with Gasteiger partial charge in [-0.15, -0.1) is 24.8 Å². The second-order valence-electron chi connectivity index (χ2n) is 2.07. The Morgan fingerprint density at radius 3 is 2.75 bits per heavy atom. The Morgan fingerprint density at radius 1 is 1.25 bits per heavy atom. The van der Waals surface area contributed by atoms with Crippen LogP contribution in [0.4, 0.5) is 5.82 Å². The number of hydrogen-bond acceptors (Lipinski definition) is 3. The molecule has 2 rings (SSSR count). The molecule has 2 aromatic heterocycles. The van der Waals surface area contributed by atoms with Crippen molar-refractivity contribution in [2.24, 2.45) is 0 Å². The van der Waals surface area contributed by atoms with E-state index >= 15 is 0 Å². The molecule has 2 heterocycles. The highest BCUT2D eigenvalue weighted by atomic mass is 35.5. The van der Waals surface area contributed by atoms with Crippen LogP contribution in [-0.4, -0.2) is 15.2 Å².